The van der Waals surface area contributed by atoms with Crippen molar-refractivity contribution < 1.29 is 4.39 Å². The minimum atomic E-state index is -0.529. The molecular formula is C18H17FN2. The molecule has 0 amide bonds. The maximum atomic E-state index is 13.0. The van der Waals surface area contributed by atoms with E-state index in [9.17, 15) is 4.39 Å². The van der Waals surface area contributed by atoms with Crippen LogP contribution in [0.25, 0.3) is 10.8 Å². The summed E-state index contributed by atoms with van der Waals surface area (Å²) in [5.41, 5.74) is 8.13. The zero-order valence-electron chi connectivity index (χ0n) is 11.9. The fraction of sp³-hybridized carbons (Fsp3) is 0.167. The van der Waals surface area contributed by atoms with Crippen LogP contribution in [0.1, 0.15) is 18.1 Å². The van der Waals surface area contributed by atoms with Crippen LogP contribution >= 0.6 is 0 Å². The molecule has 0 aliphatic rings. The Hall–Kier alpha value is -2.26. The second kappa shape index (κ2) is 5.26. The summed E-state index contributed by atoms with van der Waals surface area (Å²) in [6.07, 6.45) is 4.27. The summed E-state index contributed by atoms with van der Waals surface area (Å²) in [5, 5.41) is 2.19. The molecule has 0 saturated carbocycles. The van der Waals surface area contributed by atoms with Gasteiger partial charge in [0.2, 0.25) is 0 Å². The highest BCUT2D eigenvalue weighted by Gasteiger charge is 2.23. The third-order valence-corrected chi connectivity index (χ3v) is 3.78. The van der Waals surface area contributed by atoms with Crippen LogP contribution in [0.5, 0.6) is 0 Å². The van der Waals surface area contributed by atoms with Crippen LogP contribution in [0.4, 0.5) is 4.39 Å². The van der Waals surface area contributed by atoms with Crippen LogP contribution in [-0.4, -0.2) is 4.98 Å². The van der Waals surface area contributed by atoms with Gasteiger partial charge in [-0.05, 0) is 48.1 Å². The van der Waals surface area contributed by atoms with Gasteiger partial charge in [-0.3, -0.25) is 4.98 Å². The van der Waals surface area contributed by atoms with Crippen LogP contribution in [0.15, 0.2) is 60.9 Å². The lowest BCUT2D eigenvalue weighted by molar-refractivity contribution is 0.495. The Labute approximate surface area is 123 Å². The Bertz CT molecular complexity index is 758. The fourth-order valence-corrected chi connectivity index (χ4v) is 2.74. The van der Waals surface area contributed by atoms with Crippen molar-refractivity contribution in [1.29, 1.82) is 0 Å². The molecule has 0 bridgehead atoms. The van der Waals surface area contributed by atoms with Crippen molar-refractivity contribution in [3.8, 4) is 0 Å². The van der Waals surface area contributed by atoms with Crippen LogP contribution in [-0.2, 0) is 12.0 Å². The smallest absolute Gasteiger partial charge is 0.123 e. The van der Waals surface area contributed by atoms with E-state index in [0.717, 1.165) is 21.9 Å². The molecule has 21 heavy (non-hydrogen) atoms. The van der Waals surface area contributed by atoms with E-state index in [4.69, 9.17) is 5.73 Å². The Morgan fingerprint density at radius 2 is 1.86 bits per heavy atom. The van der Waals surface area contributed by atoms with E-state index in [-0.39, 0.29) is 5.82 Å². The molecule has 1 aromatic heterocycles. The quantitative estimate of drug-likeness (QED) is 0.792. The number of pyridine rings is 1. The number of fused-ring (bicyclic) bond motifs is 1. The Morgan fingerprint density at radius 1 is 1.10 bits per heavy atom. The molecule has 3 rings (SSSR count). The summed E-state index contributed by atoms with van der Waals surface area (Å²) < 4.78 is 13.0. The van der Waals surface area contributed by atoms with Gasteiger partial charge < -0.3 is 5.73 Å². The van der Waals surface area contributed by atoms with Crippen molar-refractivity contribution in [2.75, 3.05) is 0 Å². The van der Waals surface area contributed by atoms with Crippen molar-refractivity contribution >= 4 is 10.8 Å². The standard InChI is InChI=1S/C18H17FN2/c1-18(20,11-13-5-7-15(19)8-6-13)17-4-2-3-14-12-21-10-9-16(14)17/h2-10,12H,11,20H2,1H3. The molecule has 1 unspecified atom stereocenters. The van der Waals surface area contributed by atoms with Gasteiger partial charge in [0, 0.05) is 23.3 Å². The van der Waals surface area contributed by atoms with E-state index in [0.29, 0.717) is 6.42 Å². The van der Waals surface area contributed by atoms with E-state index in [1.165, 1.54) is 12.1 Å². The first-order valence-electron chi connectivity index (χ1n) is 6.93. The van der Waals surface area contributed by atoms with Crippen molar-refractivity contribution in [2.24, 2.45) is 5.73 Å². The number of nitrogens with two attached hydrogens (primary N) is 1. The number of hydrogen-bond acceptors (Lipinski definition) is 2. The molecule has 0 aliphatic carbocycles. The maximum Gasteiger partial charge on any atom is 0.123 e. The molecule has 2 N–H and O–H groups in total. The topological polar surface area (TPSA) is 38.9 Å². The highest BCUT2D eigenvalue weighted by molar-refractivity contribution is 5.85. The molecule has 3 aromatic rings. The average molecular weight is 280 g/mol. The molecule has 0 radical (unpaired) electrons. The maximum absolute atomic E-state index is 13.0. The minimum absolute atomic E-state index is 0.228. The van der Waals surface area contributed by atoms with Gasteiger partial charge in [-0.25, -0.2) is 4.39 Å². The summed E-state index contributed by atoms with van der Waals surface area (Å²) in [5.74, 6) is -0.228. The molecule has 2 nitrogen and oxygen atoms in total. The van der Waals surface area contributed by atoms with Crippen LogP contribution in [0.3, 0.4) is 0 Å². The number of nitrogens with zero attached hydrogens (tertiary/aromatic N) is 1. The largest absolute Gasteiger partial charge is 0.321 e. The lowest BCUT2D eigenvalue weighted by Gasteiger charge is -2.27. The second-order valence-electron chi connectivity index (χ2n) is 5.62. The molecule has 1 heterocycles. The van der Waals surface area contributed by atoms with Gasteiger partial charge in [0.25, 0.3) is 0 Å². The highest BCUT2D eigenvalue weighted by atomic mass is 19.1. The Kier molecular flexibility index (Phi) is 3.43. The van der Waals surface area contributed by atoms with Gasteiger partial charge in [0.15, 0.2) is 0 Å². The van der Waals surface area contributed by atoms with Gasteiger partial charge in [0.05, 0.1) is 0 Å². The molecule has 106 valence electrons. The van der Waals surface area contributed by atoms with E-state index in [1.54, 1.807) is 18.3 Å². The Balaban J connectivity index is 2.01. The van der Waals surface area contributed by atoms with E-state index in [1.807, 2.05) is 37.4 Å². The first-order chi connectivity index (χ1) is 10.1. The van der Waals surface area contributed by atoms with Crippen LogP contribution < -0.4 is 5.73 Å². The molecule has 2 aromatic carbocycles. The Morgan fingerprint density at radius 3 is 2.62 bits per heavy atom. The summed E-state index contributed by atoms with van der Waals surface area (Å²) in [4.78, 5) is 4.15. The number of benzene rings is 2. The van der Waals surface area contributed by atoms with Gasteiger partial charge in [-0.2, -0.15) is 0 Å². The number of rotatable bonds is 3. The van der Waals surface area contributed by atoms with Crippen molar-refractivity contribution in [3.05, 3.63) is 77.9 Å². The van der Waals surface area contributed by atoms with Crippen molar-refractivity contribution in [1.82, 2.24) is 4.98 Å². The van der Waals surface area contributed by atoms with Gasteiger partial charge in [-0.15, -0.1) is 0 Å². The molecule has 0 aliphatic heterocycles. The SMILES string of the molecule is CC(N)(Cc1ccc(F)cc1)c1cccc2cnccc12. The minimum Gasteiger partial charge on any atom is -0.321 e. The molecular weight excluding hydrogens is 263 g/mol. The molecule has 1 atom stereocenters. The zero-order valence-corrected chi connectivity index (χ0v) is 11.9. The second-order valence-corrected chi connectivity index (χ2v) is 5.62. The molecule has 0 saturated heterocycles. The zero-order chi connectivity index (χ0) is 14.9. The van der Waals surface area contributed by atoms with Gasteiger partial charge in [-0.1, -0.05) is 30.3 Å². The molecule has 3 heteroatoms. The lowest BCUT2D eigenvalue weighted by atomic mass is 9.84. The number of aromatic nitrogens is 1. The van der Waals surface area contributed by atoms with Crippen molar-refractivity contribution in [2.45, 2.75) is 18.9 Å². The average Bonchev–Trinajstić information content (AvgIpc) is 2.49. The van der Waals surface area contributed by atoms with Gasteiger partial charge >= 0.3 is 0 Å². The van der Waals surface area contributed by atoms with Crippen molar-refractivity contribution in [3.63, 3.8) is 0 Å². The lowest BCUT2D eigenvalue weighted by Crippen LogP contribution is -2.35. The first kappa shape index (κ1) is 13.7. The van der Waals surface area contributed by atoms with Crippen LogP contribution in [0, 0.1) is 5.82 Å². The molecule has 0 spiro atoms. The first-order valence-corrected chi connectivity index (χ1v) is 6.93. The fourth-order valence-electron chi connectivity index (χ4n) is 2.74. The van der Waals surface area contributed by atoms with Gasteiger partial charge in [0.1, 0.15) is 5.82 Å². The third-order valence-electron chi connectivity index (χ3n) is 3.78. The predicted molar refractivity (Wildman–Crippen MR) is 83.4 cm³/mol. The normalized spacial score (nSPS) is 14.0. The van der Waals surface area contributed by atoms with E-state index < -0.39 is 5.54 Å². The van der Waals surface area contributed by atoms with E-state index >= 15 is 0 Å². The highest BCUT2D eigenvalue weighted by Crippen LogP contribution is 2.29. The summed E-state index contributed by atoms with van der Waals surface area (Å²) in [6.45, 7) is 2.01. The van der Waals surface area contributed by atoms with E-state index in [2.05, 4.69) is 4.98 Å². The molecule has 0 fully saturated rings. The summed E-state index contributed by atoms with van der Waals surface area (Å²) in [7, 11) is 0. The summed E-state index contributed by atoms with van der Waals surface area (Å²) >= 11 is 0. The van der Waals surface area contributed by atoms with Crippen LogP contribution in [0.2, 0.25) is 0 Å². The number of hydrogen-bond donors (Lipinski definition) is 1. The monoisotopic (exact) mass is 280 g/mol. The predicted octanol–water partition coefficient (Wildman–Crippen LogP) is 3.79. The number of halogens is 1. The summed E-state index contributed by atoms with van der Waals surface area (Å²) in [6, 6.07) is 14.6. The third kappa shape index (κ3) is 2.78.